The fourth-order valence-electron chi connectivity index (χ4n) is 0.353. The van der Waals surface area contributed by atoms with Crippen LogP contribution < -0.4 is 0 Å². The second-order valence-electron chi connectivity index (χ2n) is 1.78. The molecule has 0 amide bonds. The van der Waals surface area contributed by atoms with Crippen LogP contribution in [0.4, 0.5) is 0 Å². The number of unbranched alkanes of at least 4 members (excludes halogenated alkanes) is 1. The highest BCUT2D eigenvalue weighted by atomic mass is 16.9. The van der Waals surface area contributed by atoms with Gasteiger partial charge in [-0.3, -0.25) is 0 Å². The van der Waals surface area contributed by atoms with Crippen LogP contribution in [0.1, 0.15) is 19.8 Å². The van der Waals surface area contributed by atoms with Crippen molar-refractivity contribution < 1.29 is 20.1 Å². The van der Waals surface area contributed by atoms with E-state index in [1.165, 1.54) is 0 Å². The van der Waals surface area contributed by atoms with Gasteiger partial charge < -0.3 is 20.1 Å². The Balaban J connectivity index is 3.07. The van der Waals surface area contributed by atoms with Gasteiger partial charge in [-0.1, -0.05) is 13.3 Å². The normalized spacial score (nSPS) is 12.0. The van der Waals surface area contributed by atoms with E-state index in [0.717, 1.165) is 6.42 Å². The van der Waals surface area contributed by atoms with Gasteiger partial charge in [0.1, 0.15) is 0 Å². The molecule has 0 spiro atoms. The number of aliphatic hydroxyl groups is 3. The SMILES string of the molecule is CCCCOC(O)(O)O. The molecule has 0 radical (unpaired) electrons. The van der Waals surface area contributed by atoms with E-state index in [-0.39, 0.29) is 6.61 Å². The summed E-state index contributed by atoms with van der Waals surface area (Å²) in [7, 11) is 0. The standard InChI is InChI=1S/C5H12O4/c1-2-3-4-9-5(6,7)8/h6-8H,2-4H2,1H3. The first-order valence-corrected chi connectivity index (χ1v) is 2.87. The first-order valence-electron chi connectivity index (χ1n) is 2.87. The molecule has 4 nitrogen and oxygen atoms in total. The third kappa shape index (κ3) is 7.84. The van der Waals surface area contributed by atoms with E-state index in [1.54, 1.807) is 0 Å². The molecule has 0 aliphatic rings. The molecular weight excluding hydrogens is 124 g/mol. The van der Waals surface area contributed by atoms with Gasteiger partial charge in [-0.15, -0.1) is 0 Å². The third-order valence-corrected chi connectivity index (χ3v) is 0.794. The summed E-state index contributed by atoms with van der Waals surface area (Å²) in [5.41, 5.74) is 0. The number of ether oxygens (including phenoxy) is 1. The Labute approximate surface area is 53.7 Å². The molecular formula is C5H12O4. The highest BCUT2D eigenvalue weighted by Gasteiger charge is 2.17. The fraction of sp³-hybridized carbons (Fsp3) is 1.00. The van der Waals surface area contributed by atoms with Gasteiger partial charge in [0.25, 0.3) is 0 Å². The molecule has 56 valence electrons. The summed E-state index contributed by atoms with van der Waals surface area (Å²) in [6.45, 7) is 2.08. The van der Waals surface area contributed by atoms with Crippen molar-refractivity contribution in [3.05, 3.63) is 0 Å². The summed E-state index contributed by atoms with van der Waals surface area (Å²) in [4.78, 5) is 0. The van der Waals surface area contributed by atoms with E-state index in [1.807, 2.05) is 6.92 Å². The van der Waals surface area contributed by atoms with Crippen LogP contribution in [0.15, 0.2) is 0 Å². The van der Waals surface area contributed by atoms with Crippen LogP contribution in [0, 0.1) is 0 Å². The van der Waals surface area contributed by atoms with Crippen LogP contribution in [0.25, 0.3) is 0 Å². The van der Waals surface area contributed by atoms with Crippen molar-refractivity contribution in [3.63, 3.8) is 0 Å². The Hall–Kier alpha value is -0.160. The van der Waals surface area contributed by atoms with Crippen LogP contribution in [-0.2, 0) is 4.74 Å². The Morgan fingerprint density at radius 3 is 2.22 bits per heavy atom. The Morgan fingerprint density at radius 2 is 1.89 bits per heavy atom. The molecule has 0 saturated heterocycles. The molecule has 0 rings (SSSR count). The minimum absolute atomic E-state index is 0.153. The molecule has 0 atom stereocenters. The zero-order valence-corrected chi connectivity index (χ0v) is 5.37. The predicted octanol–water partition coefficient (Wildman–Crippen LogP) is -0.609. The van der Waals surface area contributed by atoms with E-state index >= 15 is 0 Å². The van der Waals surface area contributed by atoms with Gasteiger partial charge in [0, 0.05) is 0 Å². The minimum Gasteiger partial charge on any atom is -0.319 e. The molecule has 4 heteroatoms. The minimum atomic E-state index is -2.95. The monoisotopic (exact) mass is 136 g/mol. The summed E-state index contributed by atoms with van der Waals surface area (Å²) in [5.74, 6) is 0. The second kappa shape index (κ2) is 3.79. The molecule has 0 aromatic carbocycles. The lowest BCUT2D eigenvalue weighted by Crippen LogP contribution is -2.31. The molecule has 9 heavy (non-hydrogen) atoms. The lowest BCUT2D eigenvalue weighted by Gasteiger charge is -2.12. The Morgan fingerprint density at radius 1 is 1.33 bits per heavy atom. The second-order valence-corrected chi connectivity index (χ2v) is 1.78. The van der Waals surface area contributed by atoms with E-state index in [9.17, 15) is 0 Å². The lowest BCUT2D eigenvalue weighted by molar-refractivity contribution is -0.454. The number of hydrogen-bond acceptors (Lipinski definition) is 4. The maximum atomic E-state index is 8.13. The summed E-state index contributed by atoms with van der Waals surface area (Å²) in [5, 5.41) is 24.4. The van der Waals surface area contributed by atoms with Crippen LogP contribution >= 0.6 is 0 Å². The lowest BCUT2D eigenvalue weighted by atomic mass is 10.4. The van der Waals surface area contributed by atoms with Crippen LogP contribution in [-0.4, -0.2) is 28.1 Å². The van der Waals surface area contributed by atoms with Gasteiger partial charge in [0.2, 0.25) is 0 Å². The zero-order valence-electron chi connectivity index (χ0n) is 5.37. The fourth-order valence-corrected chi connectivity index (χ4v) is 0.353. The van der Waals surface area contributed by atoms with Crippen LogP contribution in [0.2, 0.25) is 0 Å². The van der Waals surface area contributed by atoms with Crippen molar-refractivity contribution >= 4 is 0 Å². The Kier molecular flexibility index (Phi) is 3.72. The first kappa shape index (κ1) is 8.84. The average Bonchev–Trinajstić information content (AvgIpc) is 1.63. The molecule has 0 fully saturated rings. The van der Waals surface area contributed by atoms with E-state index in [0.29, 0.717) is 6.42 Å². The largest absolute Gasteiger partial charge is 0.404 e. The maximum Gasteiger partial charge on any atom is 0.404 e. The van der Waals surface area contributed by atoms with Crippen molar-refractivity contribution in [1.82, 2.24) is 0 Å². The van der Waals surface area contributed by atoms with E-state index in [4.69, 9.17) is 15.3 Å². The molecule has 0 aromatic heterocycles. The smallest absolute Gasteiger partial charge is 0.319 e. The molecule has 0 aromatic rings. The summed E-state index contributed by atoms with van der Waals surface area (Å²) in [6.07, 6.45) is -1.37. The predicted molar refractivity (Wildman–Crippen MR) is 30.2 cm³/mol. The number of hydrogen-bond donors (Lipinski definition) is 3. The molecule has 0 saturated carbocycles. The molecule has 3 N–H and O–H groups in total. The highest BCUT2D eigenvalue weighted by molar-refractivity contribution is 4.31. The van der Waals surface area contributed by atoms with Crippen molar-refractivity contribution in [2.45, 2.75) is 25.9 Å². The summed E-state index contributed by atoms with van der Waals surface area (Å²) < 4.78 is 4.14. The quantitative estimate of drug-likeness (QED) is 0.356. The van der Waals surface area contributed by atoms with Crippen molar-refractivity contribution in [1.29, 1.82) is 0 Å². The summed E-state index contributed by atoms with van der Waals surface area (Å²) in [6, 6.07) is 0. The first-order chi connectivity index (χ1) is 4.06. The van der Waals surface area contributed by atoms with E-state index < -0.39 is 6.16 Å². The zero-order chi connectivity index (χ0) is 7.33. The average molecular weight is 136 g/mol. The topological polar surface area (TPSA) is 69.9 Å². The van der Waals surface area contributed by atoms with Crippen LogP contribution in [0.3, 0.4) is 0 Å². The third-order valence-electron chi connectivity index (χ3n) is 0.794. The van der Waals surface area contributed by atoms with Gasteiger partial charge in [0.15, 0.2) is 0 Å². The summed E-state index contributed by atoms with van der Waals surface area (Å²) >= 11 is 0. The van der Waals surface area contributed by atoms with Gasteiger partial charge in [-0.2, -0.15) is 0 Å². The van der Waals surface area contributed by atoms with E-state index in [2.05, 4.69) is 4.74 Å². The molecule has 0 heterocycles. The molecule has 0 aliphatic carbocycles. The highest BCUT2D eigenvalue weighted by Crippen LogP contribution is 1.97. The van der Waals surface area contributed by atoms with Gasteiger partial charge in [-0.25, -0.2) is 0 Å². The van der Waals surface area contributed by atoms with Gasteiger partial charge >= 0.3 is 6.16 Å². The van der Waals surface area contributed by atoms with Crippen molar-refractivity contribution in [2.24, 2.45) is 0 Å². The molecule has 0 aliphatic heterocycles. The maximum absolute atomic E-state index is 8.13. The van der Waals surface area contributed by atoms with Gasteiger partial charge in [0.05, 0.1) is 6.61 Å². The molecule has 0 unspecified atom stereocenters. The van der Waals surface area contributed by atoms with Crippen molar-refractivity contribution in [3.8, 4) is 0 Å². The molecule has 0 bridgehead atoms. The number of rotatable bonds is 4. The Bertz CT molecular complexity index is 65.8. The van der Waals surface area contributed by atoms with Gasteiger partial charge in [-0.05, 0) is 6.42 Å². The van der Waals surface area contributed by atoms with Crippen LogP contribution in [0.5, 0.6) is 0 Å². The van der Waals surface area contributed by atoms with Crippen molar-refractivity contribution in [2.75, 3.05) is 6.61 Å².